The summed E-state index contributed by atoms with van der Waals surface area (Å²) in [6.45, 7) is 0. The number of nitro benzene ring substituents is 1. The van der Waals surface area contributed by atoms with Gasteiger partial charge in [0.15, 0.2) is 5.65 Å². The van der Waals surface area contributed by atoms with Gasteiger partial charge in [-0.3, -0.25) is 15.2 Å². The Labute approximate surface area is 121 Å². The summed E-state index contributed by atoms with van der Waals surface area (Å²) < 4.78 is 0. The molecule has 0 radical (unpaired) electrons. The van der Waals surface area contributed by atoms with Crippen molar-refractivity contribution in [1.29, 1.82) is 0 Å². The highest BCUT2D eigenvalue weighted by molar-refractivity contribution is 7.99. The monoisotopic (exact) mass is 307 g/mol. The van der Waals surface area contributed by atoms with Crippen molar-refractivity contribution in [3.63, 3.8) is 0 Å². The van der Waals surface area contributed by atoms with Gasteiger partial charge in [0.25, 0.3) is 5.69 Å². The summed E-state index contributed by atoms with van der Waals surface area (Å²) in [5, 5.41) is 18.7. The maximum atomic E-state index is 10.6. The number of benzene rings is 1. The summed E-state index contributed by atoms with van der Waals surface area (Å²) >= 11 is 7.18. The van der Waals surface area contributed by atoms with Crippen LogP contribution in [-0.2, 0) is 0 Å². The van der Waals surface area contributed by atoms with E-state index in [-0.39, 0.29) is 11.0 Å². The lowest BCUT2D eigenvalue weighted by molar-refractivity contribution is -0.384. The predicted molar refractivity (Wildman–Crippen MR) is 73.9 cm³/mol. The van der Waals surface area contributed by atoms with Crippen LogP contribution in [-0.4, -0.2) is 25.1 Å². The number of nitrogens with one attached hydrogen (secondary N) is 1. The number of aromatic nitrogens is 4. The van der Waals surface area contributed by atoms with E-state index in [1.807, 2.05) is 0 Å². The normalized spacial score (nSPS) is 10.8. The number of nitrogens with zero attached hydrogens (tertiary/aromatic N) is 4. The fourth-order valence-electron chi connectivity index (χ4n) is 1.61. The molecule has 0 amide bonds. The second kappa shape index (κ2) is 5.06. The van der Waals surface area contributed by atoms with Gasteiger partial charge in [-0.05, 0) is 23.7 Å². The zero-order valence-electron chi connectivity index (χ0n) is 9.78. The highest BCUT2D eigenvalue weighted by Crippen LogP contribution is 2.32. The number of hydrogen-bond acceptors (Lipinski definition) is 6. The van der Waals surface area contributed by atoms with Crippen LogP contribution in [0, 0.1) is 10.1 Å². The number of halogens is 1. The van der Waals surface area contributed by atoms with Crippen molar-refractivity contribution >= 4 is 40.1 Å². The summed E-state index contributed by atoms with van der Waals surface area (Å²) in [6.07, 6.45) is 1.61. The van der Waals surface area contributed by atoms with E-state index in [9.17, 15) is 10.1 Å². The van der Waals surface area contributed by atoms with Gasteiger partial charge >= 0.3 is 0 Å². The lowest BCUT2D eigenvalue weighted by atomic mass is 10.3. The smallest absolute Gasteiger partial charge is 0.261 e. The lowest BCUT2D eigenvalue weighted by Gasteiger charge is -2.02. The van der Waals surface area contributed by atoms with E-state index >= 15 is 0 Å². The number of non-ortho nitro benzene ring substituents is 1. The molecular weight excluding hydrogens is 302 g/mol. The van der Waals surface area contributed by atoms with Crippen LogP contribution in [0.25, 0.3) is 11.0 Å². The second-order valence-electron chi connectivity index (χ2n) is 3.78. The standard InChI is InChI=1S/C11H6ClN5O2S/c12-11-14-9-8(5-13-16-9)10(15-11)20-7-3-1-6(2-4-7)17(18)19/h1-5H,(H,13,14,15,16). The first-order chi connectivity index (χ1) is 9.63. The van der Waals surface area contributed by atoms with Crippen molar-refractivity contribution in [3.05, 3.63) is 45.9 Å². The van der Waals surface area contributed by atoms with Crippen LogP contribution in [0.1, 0.15) is 0 Å². The summed E-state index contributed by atoms with van der Waals surface area (Å²) in [6, 6.07) is 6.20. The van der Waals surface area contributed by atoms with Gasteiger partial charge in [-0.1, -0.05) is 11.8 Å². The molecule has 100 valence electrons. The van der Waals surface area contributed by atoms with E-state index in [0.717, 1.165) is 10.3 Å². The van der Waals surface area contributed by atoms with E-state index in [1.54, 1.807) is 18.3 Å². The van der Waals surface area contributed by atoms with Gasteiger partial charge in [-0.2, -0.15) is 10.1 Å². The van der Waals surface area contributed by atoms with Crippen molar-refractivity contribution in [3.8, 4) is 0 Å². The molecule has 20 heavy (non-hydrogen) atoms. The molecule has 0 saturated carbocycles. The largest absolute Gasteiger partial charge is 0.269 e. The average molecular weight is 308 g/mol. The summed E-state index contributed by atoms with van der Waals surface area (Å²) in [7, 11) is 0. The number of hydrogen-bond donors (Lipinski definition) is 1. The molecule has 1 aromatic carbocycles. The molecule has 0 saturated heterocycles. The first-order valence-electron chi connectivity index (χ1n) is 5.42. The molecule has 7 nitrogen and oxygen atoms in total. The molecular formula is C11H6ClN5O2S. The van der Waals surface area contributed by atoms with Crippen LogP contribution in [0.2, 0.25) is 5.28 Å². The summed E-state index contributed by atoms with van der Waals surface area (Å²) in [5.74, 6) is 0. The van der Waals surface area contributed by atoms with Gasteiger partial charge in [-0.15, -0.1) is 0 Å². The molecule has 0 aliphatic heterocycles. The van der Waals surface area contributed by atoms with Gasteiger partial charge in [-0.25, -0.2) is 4.98 Å². The Bertz CT molecular complexity index is 789. The number of aromatic amines is 1. The van der Waals surface area contributed by atoms with E-state index < -0.39 is 4.92 Å². The van der Waals surface area contributed by atoms with Crippen LogP contribution in [0.5, 0.6) is 0 Å². The Morgan fingerprint density at radius 2 is 2.00 bits per heavy atom. The van der Waals surface area contributed by atoms with Gasteiger partial charge < -0.3 is 0 Å². The molecule has 0 bridgehead atoms. The zero-order valence-corrected chi connectivity index (χ0v) is 11.4. The third-order valence-electron chi connectivity index (χ3n) is 2.51. The number of rotatable bonds is 3. The molecule has 0 atom stereocenters. The van der Waals surface area contributed by atoms with E-state index in [4.69, 9.17) is 11.6 Å². The molecule has 0 spiro atoms. The summed E-state index contributed by atoms with van der Waals surface area (Å²) in [4.78, 5) is 19.1. The number of nitro groups is 1. The number of fused-ring (bicyclic) bond motifs is 1. The van der Waals surface area contributed by atoms with Crippen LogP contribution < -0.4 is 0 Å². The minimum Gasteiger partial charge on any atom is -0.261 e. The Morgan fingerprint density at radius 1 is 1.25 bits per heavy atom. The molecule has 0 aliphatic rings. The van der Waals surface area contributed by atoms with Crippen molar-refractivity contribution < 1.29 is 4.92 Å². The first-order valence-corrected chi connectivity index (χ1v) is 6.62. The Morgan fingerprint density at radius 3 is 2.70 bits per heavy atom. The molecule has 0 unspecified atom stereocenters. The van der Waals surface area contributed by atoms with E-state index in [2.05, 4.69) is 20.2 Å². The fraction of sp³-hybridized carbons (Fsp3) is 0. The maximum Gasteiger partial charge on any atom is 0.269 e. The SMILES string of the molecule is O=[N+]([O-])c1ccc(Sc2nc(Cl)nc3[nH]ncc23)cc1. The highest BCUT2D eigenvalue weighted by Gasteiger charge is 2.11. The quantitative estimate of drug-likeness (QED) is 0.345. The van der Waals surface area contributed by atoms with Gasteiger partial charge in [0.05, 0.1) is 16.5 Å². The van der Waals surface area contributed by atoms with Crippen molar-refractivity contribution in [2.24, 2.45) is 0 Å². The Kier molecular flexibility index (Phi) is 3.25. The minimum absolute atomic E-state index is 0.0449. The molecule has 3 rings (SSSR count). The predicted octanol–water partition coefficient (Wildman–Crippen LogP) is 3.07. The van der Waals surface area contributed by atoms with Crippen LogP contribution in [0.4, 0.5) is 5.69 Å². The maximum absolute atomic E-state index is 10.6. The fourth-order valence-corrected chi connectivity index (χ4v) is 2.71. The summed E-state index contributed by atoms with van der Waals surface area (Å²) in [5.41, 5.74) is 0.595. The topological polar surface area (TPSA) is 97.6 Å². The molecule has 1 N–H and O–H groups in total. The zero-order chi connectivity index (χ0) is 14.1. The van der Waals surface area contributed by atoms with Gasteiger partial charge in [0.1, 0.15) is 5.03 Å². The highest BCUT2D eigenvalue weighted by atomic mass is 35.5. The number of H-pyrrole nitrogens is 1. The molecule has 2 aromatic heterocycles. The average Bonchev–Trinajstić information content (AvgIpc) is 2.87. The van der Waals surface area contributed by atoms with Crippen LogP contribution in [0.15, 0.2) is 40.4 Å². The third kappa shape index (κ3) is 2.43. The van der Waals surface area contributed by atoms with Crippen molar-refractivity contribution in [2.75, 3.05) is 0 Å². The van der Waals surface area contributed by atoms with E-state index in [0.29, 0.717) is 10.7 Å². The molecule has 9 heteroatoms. The van der Waals surface area contributed by atoms with Crippen LogP contribution >= 0.6 is 23.4 Å². The van der Waals surface area contributed by atoms with E-state index in [1.165, 1.54) is 23.9 Å². The molecule has 2 heterocycles. The second-order valence-corrected chi connectivity index (χ2v) is 5.18. The molecule has 0 fully saturated rings. The molecule has 3 aromatic rings. The Hall–Kier alpha value is -2.19. The minimum atomic E-state index is -0.440. The van der Waals surface area contributed by atoms with Crippen molar-refractivity contribution in [2.45, 2.75) is 9.92 Å². The lowest BCUT2D eigenvalue weighted by Crippen LogP contribution is -1.89. The van der Waals surface area contributed by atoms with Crippen LogP contribution in [0.3, 0.4) is 0 Å². The first kappa shape index (κ1) is 12.8. The van der Waals surface area contributed by atoms with Crippen molar-refractivity contribution in [1.82, 2.24) is 20.2 Å². The van der Waals surface area contributed by atoms with Gasteiger partial charge in [0, 0.05) is 17.0 Å². The third-order valence-corrected chi connectivity index (χ3v) is 3.69. The molecule has 0 aliphatic carbocycles. The van der Waals surface area contributed by atoms with Gasteiger partial charge in [0.2, 0.25) is 5.28 Å². The Balaban J connectivity index is 1.96.